The first-order valence-corrected chi connectivity index (χ1v) is 7.86. The van der Waals surface area contributed by atoms with Crippen LogP contribution in [-0.2, 0) is 0 Å². The molecular weight excluding hydrogens is 258 g/mol. The molecule has 0 amide bonds. The molecule has 0 aliphatic heterocycles. The third kappa shape index (κ3) is 3.60. The second-order valence-corrected chi connectivity index (χ2v) is 7.04. The van der Waals surface area contributed by atoms with Crippen LogP contribution in [0.25, 0.3) is 0 Å². The molecule has 19 heavy (non-hydrogen) atoms. The molecule has 0 saturated heterocycles. The van der Waals surface area contributed by atoms with Crippen LogP contribution in [0.1, 0.15) is 40.0 Å². The molecule has 2 N–H and O–H groups in total. The van der Waals surface area contributed by atoms with Crippen molar-refractivity contribution < 1.29 is 0 Å². The number of nitrogens with zero attached hydrogens (tertiary/aromatic N) is 1. The highest BCUT2D eigenvalue weighted by atomic mass is 32.2. The summed E-state index contributed by atoms with van der Waals surface area (Å²) < 4.78 is 0. The number of H-pyrrole nitrogens is 1. The lowest BCUT2D eigenvalue weighted by Crippen LogP contribution is -2.51. The van der Waals surface area contributed by atoms with Gasteiger partial charge >= 0.3 is 0 Å². The fourth-order valence-electron chi connectivity index (χ4n) is 2.89. The standard InChI is InChI=1S/C14H23N3OS/c1-4-15-12-10(6-5-8-14(12,2)3)19-13-16-9-7-11(18)17-13/h7,9-10,12,15H,4-6,8H2,1-3H3,(H,16,17,18). The van der Waals surface area contributed by atoms with Crippen LogP contribution in [0.3, 0.4) is 0 Å². The van der Waals surface area contributed by atoms with Crippen LogP contribution >= 0.6 is 11.8 Å². The van der Waals surface area contributed by atoms with Crippen LogP contribution < -0.4 is 10.9 Å². The van der Waals surface area contributed by atoms with Crippen LogP contribution in [0.5, 0.6) is 0 Å². The maximum Gasteiger partial charge on any atom is 0.251 e. The molecule has 1 aromatic rings. The minimum atomic E-state index is -0.0763. The predicted molar refractivity (Wildman–Crippen MR) is 79.6 cm³/mol. The lowest BCUT2D eigenvalue weighted by molar-refractivity contribution is 0.176. The second-order valence-electron chi connectivity index (χ2n) is 5.81. The van der Waals surface area contributed by atoms with Crippen molar-refractivity contribution in [2.75, 3.05) is 6.54 Å². The summed E-state index contributed by atoms with van der Waals surface area (Å²) in [6.45, 7) is 7.78. The Bertz CT molecular complexity index is 472. The highest BCUT2D eigenvalue weighted by Gasteiger charge is 2.39. The summed E-state index contributed by atoms with van der Waals surface area (Å²) in [4.78, 5) is 18.4. The van der Waals surface area contributed by atoms with Crippen molar-refractivity contribution >= 4 is 11.8 Å². The molecule has 1 aliphatic rings. The SMILES string of the molecule is CCNC1C(Sc2nccc(=O)[nH]2)CCCC1(C)C. The summed E-state index contributed by atoms with van der Waals surface area (Å²) in [5.41, 5.74) is 0.216. The van der Waals surface area contributed by atoms with Gasteiger partial charge in [-0.25, -0.2) is 4.98 Å². The van der Waals surface area contributed by atoms with Gasteiger partial charge in [-0.3, -0.25) is 4.79 Å². The zero-order chi connectivity index (χ0) is 13.9. The van der Waals surface area contributed by atoms with Gasteiger partial charge in [-0.15, -0.1) is 0 Å². The number of aromatic amines is 1. The zero-order valence-electron chi connectivity index (χ0n) is 11.9. The van der Waals surface area contributed by atoms with E-state index in [9.17, 15) is 4.79 Å². The first-order chi connectivity index (χ1) is 9.03. The monoisotopic (exact) mass is 281 g/mol. The number of hydrogen-bond donors (Lipinski definition) is 2. The molecule has 106 valence electrons. The Morgan fingerprint density at radius 2 is 2.37 bits per heavy atom. The van der Waals surface area contributed by atoms with Gasteiger partial charge in [0.1, 0.15) is 0 Å². The van der Waals surface area contributed by atoms with Crippen molar-refractivity contribution in [3.63, 3.8) is 0 Å². The number of thioether (sulfide) groups is 1. The van der Waals surface area contributed by atoms with E-state index >= 15 is 0 Å². The van der Waals surface area contributed by atoms with Gasteiger partial charge in [0.2, 0.25) is 0 Å². The predicted octanol–water partition coefficient (Wildman–Crippen LogP) is 2.42. The lowest BCUT2D eigenvalue weighted by atomic mass is 9.73. The first-order valence-electron chi connectivity index (χ1n) is 6.98. The highest BCUT2D eigenvalue weighted by Crippen LogP contribution is 2.41. The maximum atomic E-state index is 11.3. The normalized spacial score (nSPS) is 26.3. The number of rotatable bonds is 4. The van der Waals surface area contributed by atoms with E-state index in [1.165, 1.54) is 25.3 Å². The average Bonchev–Trinajstić information content (AvgIpc) is 2.33. The fraction of sp³-hybridized carbons (Fsp3) is 0.714. The fourth-order valence-corrected chi connectivity index (χ4v) is 4.35. The molecule has 2 unspecified atom stereocenters. The van der Waals surface area contributed by atoms with Gasteiger partial charge in [-0.1, -0.05) is 39.0 Å². The molecular formula is C14H23N3OS. The molecule has 1 saturated carbocycles. The van der Waals surface area contributed by atoms with Gasteiger partial charge in [0.15, 0.2) is 5.16 Å². The van der Waals surface area contributed by atoms with E-state index in [0.717, 1.165) is 11.7 Å². The molecule has 2 rings (SSSR count). The molecule has 0 bridgehead atoms. The van der Waals surface area contributed by atoms with Crippen molar-refractivity contribution in [1.29, 1.82) is 0 Å². The van der Waals surface area contributed by atoms with Crippen LogP contribution in [0.15, 0.2) is 22.2 Å². The zero-order valence-corrected chi connectivity index (χ0v) is 12.7. The van der Waals surface area contributed by atoms with E-state index in [4.69, 9.17) is 0 Å². The van der Waals surface area contributed by atoms with E-state index in [0.29, 0.717) is 16.7 Å². The molecule has 4 nitrogen and oxygen atoms in total. The molecule has 0 spiro atoms. The Morgan fingerprint density at radius 1 is 1.58 bits per heavy atom. The van der Waals surface area contributed by atoms with Crippen molar-refractivity contribution in [2.24, 2.45) is 5.41 Å². The number of hydrogen-bond acceptors (Lipinski definition) is 4. The van der Waals surface area contributed by atoms with E-state index in [-0.39, 0.29) is 5.56 Å². The third-order valence-electron chi connectivity index (χ3n) is 3.86. The van der Waals surface area contributed by atoms with E-state index < -0.39 is 0 Å². The highest BCUT2D eigenvalue weighted by molar-refractivity contribution is 7.99. The van der Waals surface area contributed by atoms with Gasteiger partial charge in [-0.05, 0) is 24.8 Å². The summed E-state index contributed by atoms with van der Waals surface area (Å²) in [5.74, 6) is 0. The van der Waals surface area contributed by atoms with E-state index in [2.05, 4.69) is 36.1 Å². The largest absolute Gasteiger partial charge is 0.313 e. The molecule has 1 fully saturated rings. The van der Waals surface area contributed by atoms with Crippen molar-refractivity contribution in [3.8, 4) is 0 Å². The van der Waals surface area contributed by atoms with Crippen molar-refractivity contribution in [2.45, 2.75) is 56.5 Å². The molecule has 0 radical (unpaired) electrons. The molecule has 2 atom stereocenters. The van der Waals surface area contributed by atoms with Gasteiger partial charge < -0.3 is 10.3 Å². The molecule has 1 heterocycles. The maximum absolute atomic E-state index is 11.3. The summed E-state index contributed by atoms with van der Waals surface area (Å²) >= 11 is 1.70. The molecule has 1 aliphatic carbocycles. The third-order valence-corrected chi connectivity index (χ3v) is 5.10. The smallest absolute Gasteiger partial charge is 0.251 e. The Hall–Kier alpha value is -0.810. The summed E-state index contributed by atoms with van der Waals surface area (Å²) in [5, 5.41) is 4.82. The summed E-state index contributed by atoms with van der Waals surface area (Å²) in [7, 11) is 0. The van der Waals surface area contributed by atoms with E-state index in [1.807, 2.05) is 0 Å². The van der Waals surface area contributed by atoms with Crippen LogP contribution in [0, 0.1) is 5.41 Å². The quantitative estimate of drug-likeness (QED) is 0.832. The van der Waals surface area contributed by atoms with Gasteiger partial charge in [-0.2, -0.15) is 0 Å². The minimum Gasteiger partial charge on any atom is -0.313 e. The Morgan fingerprint density at radius 3 is 3.05 bits per heavy atom. The molecule has 1 aromatic heterocycles. The van der Waals surface area contributed by atoms with Crippen LogP contribution in [0.2, 0.25) is 0 Å². The van der Waals surface area contributed by atoms with Crippen molar-refractivity contribution in [3.05, 3.63) is 22.6 Å². The number of aromatic nitrogens is 2. The van der Waals surface area contributed by atoms with Gasteiger partial charge in [0, 0.05) is 23.6 Å². The summed E-state index contributed by atoms with van der Waals surface area (Å²) in [6.07, 6.45) is 5.24. The Balaban J connectivity index is 2.14. The Kier molecular flexibility index (Phi) is 4.68. The second kappa shape index (κ2) is 6.09. The Labute approximate surface area is 118 Å². The van der Waals surface area contributed by atoms with Crippen molar-refractivity contribution in [1.82, 2.24) is 15.3 Å². The summed E-state index contributed by atoms with van der Waals surface area (Å²) in [6, 6.07) is 1.91. The lowest BCUT2D eigenvalue weighted by Gasteiger charge is -2.44. The first kappa shape index (κ1) is 14.6. The average molecular weight is 281 g/mol. The van der Waals surface area contributed by atoms with Crippen LogP contribution in [0.4, 0.5) is 0 Å². The number of nitrogens with one attached hydrogen (secondary N) is 2. The van der Waals surface area contributed by atoms with Crippen LogP contribution in [-0.4, -0.2) is 27.8 Å². The minimum absolute atomic E-state index is 0.0763. The van der Waals surface area contributed by atoms with Gasteiger partial charge in [0.25, 0.3) is 5.56 Å². The topological polar surface area (TPSA) is 57.8 Å². The van der Waals surface area contributed by atoms with Gasteiger partial charge in [0.05, 0.1) is 0 Å². The van der Waals surface area contributed by atoms with E-state index in [1.54, 1.807) is 18.0 Å². The molecule has 0 aromatic carbocycles. The molecule has 5 heteroatoms.